The average Bonchev–Trinajstić information content (AvgIpc) is 3.49. The van der Waals surface area contributed by atoms with Crippen LogP contribution in [0.15, 0.2) is 18.2 Å². The monoisotopic (exact) mass is 916 g/mol. The largest absolute Gasteiger partial charge is 0.504 e. The van der Waals surface area contributed by atoms with Crippen LogP contribution in [0, 0.1) is 0 Å². The van der Waals surface area contributed by atoms with Crippen LogP contribution >= 0.6 is 0 Å². The maximum absolute atomic E-state index is 14.4. The molecule has 0 radical (unpaired) electrons. The first-order valence-corrected chi connectivity index (χ1v) is 18.5. The number of cyclic esters (lactones) is 3. The van der Waals surface area contributed by atoms with Gasteiger partial charge in [0.05, 0.1) is 34.8 Å². The van der Waals surface area contributed by atoms with Crippen LogP contribution in [-0.4, -0.2) is 172 Å². The Bertz CT molecular complexity index is 2780. The first kappa shape index (κ1) is 43.8. The fourth-order valence-electron chi connectivity index (χ4n) is 8.36. The molecule has 0 spiro atoms. The van der Waals surface area contributed by atoms with E-state index in [9.17, 15) is 106 Å². The maximum atomic E-state index is 14.4. The number of hydrogen-bond donors (Lipinski definition) is 17. The topological polar surface area (TPSA) is 458 Å². The summed E-state index contributed by atoms with van der Waals surface area (Å²) < 4.78 is 27.5. The van der Waals surface area contributed by atoms with Crippen molar-refractivity contribution in [2.24, 2.45) is 0 Å². The van der Waals surface area contributed by atoms with Gasteiger partial charge < -0.3 is 110 Å². The second-order valence-corrected chi connectivity index (χ2v) is 15.1. The lowest BCUT2D eigenvalue weighted by Gasteiger charge is -2.44. The summed E-state index contributed by atoms with van der Waals surface area (Å²) in [5, 5.41) is 185. The van der Waals surface area contributed by atoms with E-state index in [1.807, 2.05) is 0 Å². The zero-order valence-corrected chi connectivity index (χ0v) is 32.0. The Hall–Kier alpha value is -7.88. The highest BCUT2D eigenvalue weighted by atomic mass is 16.7. The predicted molar refractivity (Wildman–Crippen MR) is 199 cm³/mol. The molecule has 344 valence electrons. The van der Waals surface area contributed by atoms with Crippen molar-refractivity contribution >= 4 is 23.9 Å². The van der Waals surface area contributed by atoms with Crippen LogP contribution in [0.1, 0.15) is 52.9 Å². The molecule has 2 bridgehead atoms. The lowest BCUT2D eigenvalue weighted by Crippen LogP contribution is -2.57. The second kappa shape index (κ2) is 14.9. The van der Waals surface area contributed by atoms with Gasteiger partial charge >= 0.3 is 23.9 Å². The van der Waals surface area contributed by atoms with Gasteiger partial charge in [0.1, 0.15) is 31.0 Å². The zero-order valence-electron chi connectivity index (χ0n) is 32.0. The summed E-state index contributed by atoms with van der Waals surface area (Å²) in [5.74, 6) is -29.7. The molecule has 65 heavy (non-hydrogen) atoms. The molecule has 4 heterocycles. The van der Waals surface area contributed by atoms with Crippen LogP contribution in [0.5, 0.6) is 69.0 Å². The molecule has 9 atom stereocenters. The van der Waals surface area contributed by atoms with Gasteiger partial charge in [-0.3, -0.25) is 0 Å². The lowest BCUT2D eigenvalue weighted by molar-refractivity contribution is -0.251. The highest BCUT2D eigenvalue weighted by molar-refractivity contribution is 6.11. The molecule has 0 saturated carbocycles. The molecule has 0 aliphatic carbocycles. The van der Waals surface area contributed by atoms with Gasteiger partial charge in [-0.2, -0.15) is 0 Å². The van der Waals surface area contributed by atoms with Crippen molar-refractivity contribution in [2.75, 3.05) is 13.2 Å². The molecule has 9 unspecified atom stereocenters. The third kappa shape index (κ3) is 6.18. The maximum Gasteiger partial charge on any atom is 0.339 e. The van der Waals surface area contributed by atoms with Crippen LogP contribution in [0.3, 0.4) is 0 Å². The van der Waals surface area contributed by atoms with Gasteiger partial charge in [0.15, 0.2) is 64.3 Å². The normalized spacial score (nSPS) is 27.3. The molecule has 1 fully saturated rings. The number of aromatic hydroxyl groups is 12. The average molecular weight is 917 g/mol. The summed E-state index contributed by atoms with van der Waals surface area (Å²) in [6.07, 6.45) is -17.9. The van der Waals surface area contributed by atoms with Gasteiger partial charge in [-0.15, -0.1) is 0 Å². The molecule has 1 saturated heterocycles. The fraction of sp³-hybridized carbons (Fsp3) is 0.282. The molecular weight excluding hydrogens is 884 g/mol. The predicted octanol–water partition coefficient (Wildman–Crippen LogP) is -1.79. The number of rotatable bonds is 3. The summed E-state index contributed by atoms with van der Waals surface area (Å²) in [6, 6.07) is 1.20. The fourth-order valence-corrected chi connectivity index (χ4v) is 8.36. The highest BCUT2D eigenvalue weighted by Gasteiger charge is 2.62. The second-order valence-electron chi connectivity index (χ2n) is 15.1. The van der Waals surface area contributed by atoms with Crippen LogP contribution in [-0.2, 0) is 23.7 Å². The summed E-state index contributed by atoms with van der Waals surface area (Å²) >= 11 is 0. The minimum Gasteiger partial charge on any atom is -0.504 e. The molecular formula is C39H32O26. The SMILES string of the molecule is O=C1OCC(O)C(C2OC(=O)c3cc(O)c(O)c(O)c3-c3c(O)c(O)c(O)c4c3C(=O)OC2C4C2OC(O)(CO)C(O)C2O)OC(=O)c2cc(O)c(O)c(O)c2-c2c1cc(O)c(O)c2O. The van der Waals surface area contributed by atoms with E-state index in [4.69, 9.17) is 23.7 Å². The van der Waals surface area contributed by atoms with Gasteiger partial charge in [-0.1, -0.05) is 0 Å². The number of phenolic OH excluding ortho intramolecular Hbond substituents is 12. The number of aliphatic hydroxyl groups excluding tert-OH is 4. The van der Waals surface area contributed by atoms with Crippen molar-refractivity contribution in [2.45, 2.75) is 54.4 Å². The third-order valence-corrected chi connectivity index (χ3v) is 11.5. The number of aliphatic hydroxyl groups is 5. The molecule has 4 aromatic rings. The Balaban J connectivity index is 1.43. The number of hydrogen-bond acceptors (Lipinski definition) is 26. The van der Waals surface area contributed by atoms with E-state index in [1.165, 1.54) is 0 Å². The minimum atomic E-state index is -3.11. The van der Waals surface area contributed by atoms with Crippen molar-refractivity contribution in [3.05, 3.63) is 46.0 Å². The Morgan fingerprint density at radius 1 is 0.492 bits per heavy atom. The molecule has 4 aliphatic heterocycles. The van der Waals surface area contributed by atoms with Gasteiger partial charge in [0.25, 0.3) is 0 Å². The number of esters is 4. The molecule has 17 N–H and O–H groups in total. The van der Waals surface area contributed by atoms with Crippen LogP contribution in [0.2, 0.25) is 0 Å². The number of phenols is 12. The highest BCUT2D eigenvalue weighted by Crippen LogP contribution is 2.60. The van der Waals surface area contributed by atoms with E-state index in [1.54, 1.807) is 0 Å². The number of benzene rings is 4. The van der Waals surface area contributed by atoms with Crippen LogP contribution < -0.4 is 0 Å². The molecule has 8 rings (SSSR count). The number of carbonyl (C=O) groups excluding carboxylic acids is 4. The summed E-state index contributed by atoms with van der Waals surface area (Å²) in [5.41, 5.74) is -9.97. The molecule has 0 aromatic heterocycles. The quantitative estimate of drug-likeness (QED) is 0.0613. The van der Waals surface area contributed by atoms with E-state index in [0.717, 1.165) is 0 Å². The summed E-state index contributed by atoms with van der Waals surface area (Å²) in [6.45, 7) is -2.91. The van der Waals surface area contributed by atoms with Gasteiger partial charge in [0, 0.05) is 27.8 Å². The van der Waals surface area contributed by atoms with E-state index >= 15 is 0 Å². The van der Waals surface area contributed by atoms with E-state index in [0.29, 0.717) is 18.2 Å². The molecule has 26 heteroatoms. The standard InChI is InChI=1S/C39H32O26/c40-5-39(60)34(55)29(54)31(65-39)19-17-18-16(26(51)28(53)27(17)52)15-8(3-11(43)22(47)25(15)50)37(58)64-33(32(19)63-38(18)59)30-12(44)4-61-35(56)6-1-9(41)20(45)23(48)13(6)14-7(36(57)62-30)2-10(42)21(46)24(14)49/h1-3,12,19,29-34,40-55,60H,4-5H2. The third-order valence-electron chi connectivity index (χ3n) is 11.5. The Labute approximate surface area is 358 Å². The zero-order chi connectivity index (χ0) is 47.6. The molecule has 4 aliphatic rings. The smallest absolute Gasteiger partial charge is 0.339 e. The number of ether oxygens (including phenoxy) is 5. The minimum absolute atomic E-state index is 0.356. The molecule has 4 aromatic carbocycles. The number of carbonyl (C=O) groups is 4. The lowest BCUT2D eigenvalue weighted by atomic mass is 9.74. The van der Waals surface area contributed by atoms with Crippen molar-refractivity contribution in [1.82, 2.24) is 0 Å². The van der Waals surface area contributed by atoms with Crippen molar-refractivity contribution in [3.63, 3.8) is 0 Å². The van der Waals surface area contributed by atoms with Crippen LogP contribution in [0.4, 0.5) is 0 Å². The van der Waals surface area contributed by atoms with E-state index in [-0.39, 0.29) is 0 Å². The molecule has 0 amide bonds. The Morgan fingerprint density at radius 3 is 1.40 bits per heavy atom. The Morgan fingerprint density at radius 2 is 0.923 bits per heavy atom. The first-order valence-electron chi connectivity index (χ1n) is 18.5. The van der Waals surface area contributed by atoms with Crippen molar-refractivity contribution in [3.8, 4) is 91.2 Å². The first-order chi connectivity index (χ1) is 30.5. The van der Waals surface area contributed by atoms with Crippen molar-refractivity contribution < 1.29 is 130 Å². The summed E-state index contributed by atoms with van der Waals surface area (Å²) in [7, 11) is 0. The number of fused-ring (bicyclic) bond motifs is 7. The Kier molecular flexibility index (Phi) is 10.0. The molecule has 26 nitrogen and oxygen atoms in total. The van der Waals surface area contributed by atoms with E-state index < -0.39 is 211 Å². The van der Waals surface area contributed by atoms with Gasteiger partial charge in [-0.05, 0) is 18.2 Å². The van der Waals surface area contributed by atoms with Gasteiger partial charge in [-0.25, -0.2) is 19.2 Å². The van der Waals surface area contributed by atoms with Gasteiger partial charge in [0.2, 0.25) is 28.8 Å². The van der Waals surface area contributed by atoms with Crippen LogP contribution in [0.25, 0.3) is 22.3 Å². The summed E-state index contributed by atoms with van der Waals surface area (Å²) in [4.78, 5) is 56.9. The van der Waals surface area contributed by atoms with Crippen molar-refractivity contribution in [1.29, 1.82) is 0 Å². The van der Waals surface area contributed by atoms with E-state index in [2.05, 4.69) is 0 Å².